The Kier molecular flexibility index (Phi) is 4.84. The Morgan fingerprint density at radius 3 is 2.31 bits per heavy atom. The minimum absolute atomic E-state index is 0.546. The van der Waals surface area contributed by atoms with Gasteiger partial charge < -0.3 is 23.7 Å². The zero-order valence-electron chi connectivity index (χ0n) is 14.6. The molecule has 26 heavy (non-hydrogen) atoms. The molecule has 0 aliphatic rings. The van der Waals surface area contributed by atoms with Crippen molar-refractivity contribution in [3.8, 4) is 28.6 Å². The van der Waals surface area contributed by atoms with E-state index in [4.69, 9.17) is 23.7 Å². The molecule has 2 aromatic carbocycles. The fourth-order valence-corrected chi connectivity index (χ4v) is 2.72. The van der Waals surface area contributed by atoms with E-state index < -0.39 is 5.97 Å². The van der Waals surface area contributed by atoms with E-state index in [1.54, 1.807) is 39.5 Å². The Morgan fingerprint density at radius 1 is 0.962 bits per heavy atom. The average molecular weight is 354 g/mol. The third-order valence-corrected chi connectivity index (χ3v) is 3.97. The second-order valence-corrected chi connectivity index (χ2v) is 5.45. The number of carbonyl (C=O) groups is 1. The smallest absolute Gasteiger partial charge is 0.328 e. The van der Waals surface area contributed by atoms with Gasteiger partial charge in [-0.2, -0.15) is 0 Å². The predicted molar refractivity (Wildman–Crippen MR) is 98.0 cm³/mol. The van der Waals surface area contributed by atoms with Crippen LogP contribution in [0.3, 0.4) is 0 Å². The molecule has 3 rings (SSSR count). The van der Waals surface area contributed by atoms with Gasteiger partial charge in [0.1, 0.15) is 5.76 Å². The van der Waals surface area contributed by atoms with Crippen molar-refractivity contribution < 1.29 is 28.5 Å². The number of carboxylic acid groups (broad SMARTS) is 1. The monoisotopic (exact) mass is 354 g/mol. The molecule has 0 amide bonds. The van der Waals surface area contributed by atoms with Gasteiger partial charge in [0, 0.05) is 17.0 Å². The Morgan fingerprint density at radius 2 is 1.65 bits per heavy atom. The molecule has 0 fully saturated rings. The van der Waals surface area contributed by atoms with Gasteiger partial charge >= 0.3 is 5.97 Å². The molecule has 0 aliphatic heterocycles. The van der Waals surface area contributed by atoms with E-state index in [2.05, 4.69) is 0 Å². The summed E-state index contributed by atoms with van der Waals surface area (Å²) in [6, 6.07) is 10.8. The van der Waals surface area contributed by atoms with Gasteiger partial charge in [-0.1, -0.05) is 6.07 Å². The molecule has 0 bridgehead atoms. The molecule has 1 heterocycles. The van der Waals surface area contributed by atoms with Crippen LogP contribution in [0.25, 0.3) is 28.4 Å². The van der Waals surface area contributed by atoms with Gasteiger partial charge in [-0.25, -0.2) is 4.79 Å². The highest BCUT2D eigenvalue weighted by Gasteiger charge is 2.15. The quantitative estimate of drug-likeness (QED) is 0.668. The highest BCUT2D eigenvalue weighted by atomic mass is 16.5. The molecular formula is C20H18O6. The van der Waals surface area contributed by atoms with Crippen LogP contribution in [-0.4, -0.2) is 32.4 Å². The van der Waals surface area contributed by atoms with Crippen LogP contribution in [0.1, 0.15) is 5.56 Å². The van der Waals surface area contributed by atoms with Gasteiger partial charge in [0.15, 0.2) is 22.8 Å². The predicted octanol–water partition coefficient (Wildman–Crippen LogP) is 4.22. The lowest BCUT2D eigenvalue weighted by atomic mass is 10.1. The minimum Gasteiger partial charge on any atom is -0.493 e. The normalized spacial score (nSPS) is 11.0. The third-order valence-electron chi connectivity index (χ3n) is 3.97. The Bertz CT molecular complexity index is 983. The Balaban J connectivity index is 2.16. The van der Waals surface area contributed by atoms with Crippen molar-refractivity contribution in [1.82, 2.24) is 0 Å². The van der Waals surface area contributed by atoms with Crippen molar-refractivity contribution in [2.24, 2.45) is 0 Å². The van der Waals surface area contributed by atoms with Gasteiger partial charge in [0.05, 0.1) is 21.3 Å². The number of carboxylic acids is 1. The van der Waals surface area contributed by atoms with E-state index in [0.717, 1.165) is 22.6 Å². The van der Waals surface area contributed by atoms with E-state index in [0.29, 0.717) is 28.6 Å². The first-order valence-electron chi connectivity index (χ1n) is 7.81. The molecule has 0 unspecified atom stereocenters. The van der Waals surface area contributed by atoms with E-state index in [9.17, 15) is 4.79 Å². The van der Waals surface area contributed by atoms with Crippen molar-refractivity contribution in [1.29, 1.82) is 0 Å². The number of benzene rings is 2. The standard InChI is InChI=1S/C20H18O6/c1-23-15-7-5-13(10-18(15)25-3)17-11-14-12(6-9-19(21)22)4-8-16(24-2)20(14)26-17/h4-11H,1-3H3,(H,21,22)/b9-6+. The number of hydrogen-bond donors (Lipinski definition) is 1. The van der Waals surface area contributed by atoms with Crippen LogP contribution in [-0.2, 0) is 4.79 Å². The summed E-state index contributed by atoms with van der Waals surface area (Å²) >= 11 is 0. The van der Waals surface area contributed by atoms with Gasteiger partial charge in [-0.05, 0) is 42.0 Å². The highest BCUT2D eigenvalue weighted by Crippen LogP contribution is 2.38. The molecule has 0 saturated carbocycles. The summed E-state index contributed by atoms with van der Waals surface area (Å²) in [5.41, 5.74) is 2.07. The zero-order valence-corrected chi connectivity index (χ0v) is 14.6. The van der Waals surface area contributed by atoms with E-state index in [-0.39, 0.29) is 0 Å². The van der Waals surface area contributed by atoms with Crippen LogP contribution in [0.5, 0.6) is 17.2 Å². The van der Waals surface area contributed by atoms with Crippen LogP contribution >= 0.6 is 0 Å². The van der Waals surface area contributed by atoms with E-state index in [1.807, 2.05) is 18.2 Å². The fraction of sp³-hybridized carbons (Fsp3) is 0.150. The highest BCUT2D eigenvalue weighted by molar-refractivity contribution is 5.96. The lowest BCUT2D eigenvalue weighted by Gasteiger charge is -2.08. The average Bonchev–Trinajstić information content (AvgIpc) is 3.10. The molecule has 0 spiro atoms. The summed E-state index contributed by atoms with van der Waals surface area (Å²) in [5.74, 6) is 1.37. The van der Waals surface area contributed by atoms with Gasteiger partial charge in [0.2, 0.25) is 0 Å². The van der Waals surface area contributed by atoms with E-state index in [1.165, 1.54) is 6.08 Å². The van der Waals surface area contributed by atoms with Crippen molar-refractivity contribution >= 4 is 23.0 Å². The second-order valence-electron chi connectivity index (χ2n) is 5.45. The van der Waals surface area contributed by atoms with Crippen molar-refractivity contribution in [2.75, 3.05) is 21.3 Å². The Labute approximate surface area is 150 Å². The number of furan rings is 1. The molecule has 6 heteroatoms. The summed E-state index contributed by atoms with van der Waals surface area (Å²) in [6.07, 6.45) is 2.61. The number of fused-ring (bicyclic) bond motifs is 1. The van der Waals surface area contributed by atoms with Gasteiger partial charge in [0.25, 0.3) is 0 Å². The number of ether oxygens (including phenoxy) is 3. The maximum absolute atomic E-state index is 10.8. The fourth-order valence-electron chi connectivity index (χ4n) is 2.72. The molecule has 0 radical (unpaired) electrons. The van der Waals surface area contributed by atoms with Crippen LogP contribution in [0, 0.1) is 0 Å². The number of methoxy groups -OCH3 is 3. The van der Waals surface area contributed by atoms with Crippen LogP contribution < -0.4 is 14.2 Å². The molecule has 1 N–H and O–H groups in total. The molecular weight excluding hydrogens is 336 g/mol. The van der Waals surface area contributed by atoms with E-state index >= 15 is 0 Å². The summed E-state index contributed by atoms with van der Waals surface area (Å²) < 4.78 is 21.9. The topological polar surface area (TPSA) is 78.1 Å². The van der Waals surface area contributed by atoms with Crippen LogP contribution in [0.15, 0.2) is 46.9 Å². The van der Waals surface area contributed by atoms with Gasteiger partial charge in [-0.15, -0.1) is 0 Å². The van der Waals surface area contributed by atoms with Crippen molar-refractivity contribution in [3.63, 3.8) is 0 Å². The first kappa shape index (κ1) is 17.4. The first-order chi connectivity index (χ1) is 12.6. The lowest BCUT2D eigenvalue weighted by molar-refractivity contribution is -0.131. The first-order valence-corrected chi connectivity index (χ1v) is 7.81. The molecule has 0 atom stereocenters. The number of aliphatic carboxylic acids is 1. The molecule has 3 aromatic rings. The molecule has 6 nitrogen and oxygen atoms in total. The molecule has 0 saturated heterocycles. The zero-order chi connectivity index (χ0) is 18.7. The van der Waals surface area contributed by atoms with Crippen LogP contribution in [0.2, 0.25) is 0 Å². The maximum atomic E-state index is 10.8. The molecule has 134 valence electrons. The number of hydrogen-bond acceptors (Lipinski definition) is 5. The second kappa shape index (κ2) is 7.23. The summed E-state index contributed by atoms with van der Waals surface area (Å²) in [4.78, 5) is 10.8. The Hall–Kier alpha value is -3.41. The van der Waals surface area contributed by atoms with Crippen molar-refractivity contribution in [2.45, 2.75) is 0 Å². The summed E-state index contributed by atoms with van der Waals surface area (Å²) in [5, 5.41) is 9.63. The van der Waals surface area contributed by atoms with Crippen molar-refractivity contribution in [3.05, 3.63) is 48.0 Å². The number of rotatable bonds is 6. The SMILES string of the molecule is COc1ccc(-c2cc3c(/C=C/C(=O)O)ccc(OC)c3o2)cc1OC. The largest absolute Gasteiger partial charge is 0.493 e. The van der Waals surface area contributed by atoms with Crippen LogP contribution in [0.4, 0.5) is 0 Å². The third kappa shape index (κ3) is 3.21. The molecule has 1 aromatic heterocycles. The molecule has 0 aliphatic carbocycles. The maximum Gasteiger partial charge on any atom is 0.328 e. The van der Waals surface area contributed by atoms with Gasteiger partial charge in [-0.3, -0.25) is 0 Å². The summed E-state index contributed by atoms with van der Waals surface area (Å²) in [7, 11) is 4.70. The minimum atomic E-state index is -1.02. The lowest BCUT2D eigenvalue weighted by Crippen LogP contribution is -1.90. The summed E-state index contributed by atoms with van der Waals surface area (Å²) in [6.45, 7) is 0.